The Kier molecular flexibility index (Phi) is 2.19. The average molecular weight is 243 g/mol. The van der Waals surface area contributed by atoms with Gasteiger partial charge in [-0.15, -0.1) is 11.3 Å². The molecule has 0 amide bonds. The first kappa shape index (κ1) is 10.0. The van der Waals surface area contributed by atoms with Crippen LogP contribution in [0.4, 0.5) is 5.69 Å². The van der Waals surface area contributed by atoms with Crippen LogP contribution < -0.4 is 11.3 Å². The van der Waals surface area contributed by atoms with E-state index in [1.54, 1.807) is 30.6 Å². The van der Waals surface area contributed by atoms with Gasteiger partial charge in [-0.25, -0.2) is 4.98 Å². The molecule has 2 heterocycles. The van der Waals surface area contributed by atoms with Crippen LogP contribution >= 0.6 is 11.3 Å². The maximum Gasteiger partial charge on any atom is 0.275 e. The van der Waals surface area contributed by atoms with E-state index >= 15 is 0 Å². The van der Waals surface area contributed by atoms with Crippen LogP contribution in [0.5, 0.6) is 0 Å². The summed E-state index contributed by atoms with van der Waals surface area (Å²) in [5, 5.41) is 1.87. The molecule has 0 fully saturated rings. The Hall–Kier alpha value is -2.14. The van der Waals surface area contributed by atoms with Crippen LogP contribution in [-0.4, -0.2) is 9.55 Å². The second-order valence-electron chi connectivity index (χ2n) is 3.65. The largest absolute Gasteiger partial charge is 0.399 e. The Morgan fingerprint density at radius 1 is 1.18 bits per heavy atom. The van der Waals surface area contributed by atoms with Crippen molar-refractivity contribution in [3.63, 3.8) is 0 Å². The van der Waals surface area contributed by atoms with Gasteiger partial charge in [-0.2, -0.15) is 0 Å². The molecule has 0 radical (unpaired) electrons. The van der Waals surface area contributed by atoms with Crippen molar-refractivity contribution in [1.82, 2.24) is 9.55 Å². The lowest BCUT2D eigenvalue weighted by Gasteiger charge is -2.04. The van der Waals surface area contributed by atoms with Gasteiger partial charge < -0.3 is 5.73 Å². The highest BCUT2D eigenvalue weighted by Crippen LogP contribution is 2.15. The Morgan fingerprint density at radius 2 is 1.94 bits per heavy atom. The molecule has 0 saturated carbocycles. The van der Waals surface area contributed by atoms with Gasteiger partial charge in [-0.3, -0.25) is 9.36 Å². The number of benzene rings is 1. The molecule has 0 aliphatic carbocycles. The Labute approximate surface area is 101 Å². The van der Waals surface area contributed by atoms with Crippen LogP contribution in [0.3, 0.4) is 0 Å². The number of nitrogens with zero attached hydrogens (tertiary/aromatic N) is 2. The summed E-state index contributed by atoms with van der Waals surface area (Å²) in [5.74, 6) is 0. The second-order valence-corrected chi connectivity index (χ2v) is 4.56. The Balaban J connectivity index is 2.27. The van der Waals surface area contributed by atoms with E-state index in [1.165, 1.54) is 15.9 Å². The molecule has 4 nitrogen and oxygen atoms in total. The van der Waals surface area contributed by atoms with Gasteiger partial charge in [0.2, 0.25) is 0 Å². The highest BCUT2D eigenvalue weighted by molar-refractivity contribution is 7.17. The molecule has 2 aromatic heterocycles. The molecule has 2 N–H and O–H groups in total. The SMILES string of the molecule is Nc1ccc(-n2cnc3ccsc3c2=O)cc1. The fourth-order valence-electron chi connectivity index (χ4n) is 1.66. The van der Waals surface area contributed by atoms with Gasteiger partial charge >= 0.3 is 0 Å². The quantitative estimate of drug-likeness (QED) is 0.665. The number of thiophene rings is 1. The highest BCUT2D eigenvalue weighted by Gasteiger charge is 2.06. The van der Waals surface area contributed by atoms with Gasteiger partial charge in [0.15, 0.2) is 0 Å². The Morgan fingerprint density at radius 3 is 2.71 bits per heavy atom. The molecular weight excluding hydrogens is 234 g/mol. The van der Waals surface area contributed by atoms with Crippen LogP contribution in [0.2, 0.25) is 0 Å². The van der Waals surface area contributed by atoms with E-state index in [9.17, 15) is 4.79 Å². The minimum atomic E-state index is -0.0465. The van der Waals surface area contributed by atoms with E-state index in [1.807, 2.05) is 11.4 Å². The fourth-order valence-corrected chi connectivity index (χ4v) is 2.44. The summed E-state index contributed by atoms with van der Waals surface area (Å²) in [5.41, 5.74) is 7.76. The van der Waals surface area contributed by atoms with Crippen molar-refractivity contribution in [3.8, 4) is 5.69 Å². The molecule has 0 bridgehead atoms. The zero-order valence-electron chi connectivity index (χ0n) is 8.83. The predicted molar refractivity (Wildman–Crippen MR) is 69.6 cm³/mol. The van der Waals surface area contributed by atoms with Crippen molar-refractivity contribution in [3.05, 3.63) is 52.4 Å². The molecule has 3 rings (SSSR count). The van der Waals surface area contributed by atoms with Crippen LogP contribution in [0, 0.1) is 0 Å². The number of nitrogens with two attached hydrogens (primary N) is 1. The van der Waals surface area contributed by atoms with Crippen molar-refractivity contribution in [2.45, 2.75) is 0 Å². The predicted octanol–water partition coefficient (Wildman–Crippen LogP) is 2.03. The number of fused-ring (bicyclic) bond motifs is 1. The standard InChI is InChI=1S/C12H9N3OS/c13-8-1-3-9(4-2-8)15-7-14-10-5-6-17-11(10)12(15)16/h1-7H,13H2. The van der Waals surface area contributed by atoms with Gasteiger partial charge in [0, 0.05) is 5.69 Å². The summed E-state index contributed by atoms with van der Waals surface area (Å²) in [4.78, 5) is 16.4. The fraction of sp³-hybridized carbons (Fsp3) is 0. The summed E-state index contributed by atoms with van der Waals surface area (Å²) in [6.45, 7) is 0. The van der Waals surface area contributed by atoms with Crippen molar-refractivity contribution in [2.75, 3.05) is 5.73 Å². The van der Waals surface area contributed by atoms with Gasteiger partial charge in [-0.1, -0.05) is 0 Å². The third-order valence-electron chi connectivity index (χ3n) is 2.54. The summed E-state index contributed by atoms with van der Waals surface area (Å²) >= 11 is 1.41. The maximum atomic E-state index is 12.2. The lowest BCUT2D eigenvalue weighted by molar-refractivity contribution is 0.967. The normalized spacial score (nSPS) is 10.8. The number of hydrogen-bond donors (Lipinski definition) is 1. The third kappa shape index (κ3) is 1.60. The van der Waals surface area contributed by atoms with E-state index in [4.69, 9.17) is 5.73 Å². The summed E-state index contributed by atoms with van der Waals surface area (Å²) in [7, 11) is 0. The van der Waals surface area contributed by atoms with Crippen molar-refractivity contribution in [2.24, 2.45) is 0 Å². The molecule has 84 valence electrons. The average Bonchev–Trinajstić information content (AvgIpc) is 2.80. The van der Waals surface area contributed by atoms with Crippen LogP contribution in [-0.2, 0) is 0 Å². The minimum Gasteiger partial charge on any atom is -0.399 e. The van der Waals surface area contributed by atoms with E-state index < -0.39 is 0 Å². The zero-order valence-corrected chi connectivity index (χ0v) is 9.65. The first-order chi connectivity index (χ1) is 8.25. The van der Waals surface area contributed by atoms with Crippen LogP contribution in [0.25, 0.3) is 15.9 Å². The van der Waals surface area contributed by atoms with Gasteiger partial charge in [-0.05, 0) is 35.7 Å². The molecule has 0 aliphatic rings. The van der Waals surface area contributed by atoms with E-state index in [-0.39, 0.29) is 5.56 Å². The maximum absolute atomic E-state index is 12.2. The van der Waals surface area contributed by atoms with Crippen molar-refractivity contribution >= 4 is 27.2 Å². The molecule has 3 aromatic rings. The number of nitrogen functional groups attached to an aromatic ring is 1. The minimum absolute atomic E-state index is 0.0465. The van der Waals surface area contributed by atoms with Crippen molar-refractivity contribution < 1.29 is 0 Å². The summed E-state index contributed by atoms with van der Waals surface area (Å²) < 4.78 is 2.20. The van der Waals surface area contributed by atoms with Gasteiger partial charge in [0.25, 0.3) is 5.56 Å². The monoisotopic (exact) mass is 243 g/mol. The van der Waals surface area contributed by atoms with E-state index in [2.05, 4.69) is 4.98 Å². The number of aromatic nitrogens is 2. The highest BCUT2D eigenvalue weighted by atomic mass is 32.1. The molecule has 0 atom stereocenters. The Bertz CT molecular complexity index is 727. The van der Waals surface area contributed by atoms with Crippen LogP contribution in [0.1, 0.15) is 0 Å². The lowest BCUT2D eigenvalue weighted by Crippen LogP contribution is -2.17. The van der Waals surface area contributed by atoms with E-state index in [0.717, 1.165) is 11.2 Å². The molecule has 0 saturated heterocycles. The number of rotatable bonds is 1. The first-order valence-electron chi connectivity index (χ1n) is 5.06. The topological polar surface area (TPSA) is 60.9 Å². The zero-order chi connectivity index (χ0) is 11.8. The number of anilines is 1. The molecule has 0 aliphatic heterocycles. The smallest absolute Gasteiger partial charge is 0.275 e. The molecule has 17 heavy (non-hydrogen) atoms. The summed E-state index contributed by atoms with van der Waals surface area (Å²) in [6, 6.07) is 8.98. The third-order valence-corrected chi connectivity index (χ3v) is 3.43. The van der Waals surface area contributed by atoms with Crippen LogP contribution in [0.15, 0.2) is 46.8 Å². The molecule has 1 aromatic carbocycles. The molecule has 0 spiro atoms. The molecule has 0 unspecified atom stereocenters. The summed E-state index contributed by atoms with van der Waals surface area (Å²) in [6.07, 6.45) is 1.54. The van der Waals surface area contributed by atoms with Gasteiger partial charge in [0.05, 0.1) is 11.2 Å². The molecular formula is C12H9N3OS. The number of hydrogen-bond acceptors (Lipinski definition) is 4. The lowest BCUT2D eigenvalue weighted by atomic mass is 10.3. The molecule has 5 heteroatoms. The second kappa shape index (κ2) is 3.71. The van der Waals surface area contributed by atoms with E-state index in [0.29, 0.717) is 10.4 Å². The first-order valence-corrected chi connectivity index (χ1v) is 5.94. The van der Waals surface area contributed by atoms with Gasteiger partial charge in [0.1, 0.15) is 11.0 Å². The van der Waals surface area contributed by atoms with Crippen molar-refractivity contribution in [1.29, 1.82) is 0 Å².